The summed E-state index contributed by atoms with van der Waals surface area (Å²) in [6, 6.07) is -0.540. The maximum absolute atomic E-state index is 11.5. The van der Waals surface area contributed by atoms with Gasteiger partial charge in [-0.1, -0.05) is 20.8 Å². The maximum Gasteiger partial charge on any atom is 0.408 e. The highest BCUT2D eigenvalue weighted by Crippen LogP contribution is 2.18. The Balaban J connectivity index is 2.39. The van der Waals surface area contributed by atoms with Crippen LogP contribution in [0.5, 0.6) is 0 Å². The number of rotatable bonds is 3. The van der Waals surface area contributed by atoms with Crippen molar-refractivity contribution in [3.63, 3.8) is 0 Å². The fourth-order valence-corrected chi connectivity index (χ4v) is 1.37. The molecule has 1 heterocycles. The van der Waals surface area contributed by atoms with Crippen LogP contribution < -0.4 is 5.32 Å². The Morgan fingerprint density at radius 2 is 2.25 bits per heavy atom. The van der Waals surface area contributed by atoms with Crippen LogP contribution in [0.2, 0.25) is 0 Å². The largest absolute Gasteiger partial charge is 0.444 e. The van der Waals surface area contributed by atoms with Gasteiger partial charge in [-0.15, -0.1) is 0 Å². The van der Waals surface area contributed by atoms with Crippen molar-refractivity contribution in [2.24, 2.45) is 5.41 Å². The van der Waals surface area contributed by atoms with Gasteiger partial charge in [0.15, 0.2) is 0 Å². The lowest BCUT2D eigenvalue weighted by Crippen LogP contribution is -2.45. The van der Waals surface area contributed by atoms with Crippen molar-refractivity contribution in [3.05, 3.63) is 0 Å². The summed E-state index contributed by atoms with van der Waals surface area (Å²) in [6.45, 7) is 6.70. The van der Waals surface area contributed by atoms with E-state index in [4.69, 9.17) is 9.47 Å². The summed E-state index contributed by atoms with van der Waals surface area (Å²) < 4.78 is 10.2. The molecule has 1 N–H and O–H groups in total. The lowest BCUT2D eigenvalue weighted by Gasteiger charge is -2.26. The van der Waals surface area contributed by atoms with Crippen LogP contribution in [0.4, 0.5) is 4.79 Å². The number of amides is 1. The predicted molar refractivity (Wildman–Crippen MR) is 58.1 cm³/mol. The summed E-state index contributed by atoms with van der Waals surface area (Å²) in [7, 11) is 0. The molecule has 0 radical (unpaired) electrons. The van der Waals surface area contributed by atoms with Crippen LogP contribution in [0.1, 0.15) is 27.2 Å². The van der Waals surface area contributed by atoms with Crippen LogP contribution in [0, 0.1) is 5.41 Å². The monoisotopic (exact) mass is 229 g/mol. The van der Waals surface area contributed by atoms with Gasteiger partial charge in [-0.05, 0) is 5.41 Å². The van der Waals surface area contributed by atoms with Crippen molar-refractivity contribution in [2.45, 2.75) is 39.3 Å². The number of carbonyl (C=O) groups is 2. The molecular formula is C11H19NO4. The Labute approximate surface area is 95.5 Å². The van der Waals surface area contributed by atoms with Crippen LogP contribution in [0.25, 0.3) is 0 Å². The molecule has 5 heteroatoms. The first-order chi connectivity index (χ1) is 7.43. The second-order valence-electron chi connectivity index (χ2n) is 5.02. The van der Waals surface area contributed by atoms with E-state index < -0.39 is 12.1 Å². The van der Waals surface area contributed by atoms with Crippen molar-refractivity contribution in [1.29, 1.82) is 0 Å². The van der Waals surface area contributed by atoms with E-state index in [1.54, 1.807) is 0 Å². The van der Waals surface area contributed by atoms with Crippen LogP contribution in [-0.2, 0) is 14.3 Å². The highest BCUT2D eigenvalue weighted by molar-refractivity contribution is 5.73. The molecule has 16 heavy (non-hydrogen) atoms. The van der Waals surface area contributed by atoms with Crippen molar-refractivity contribution in [3.8, 4) is 0 Å². The molecular weight excluding hydrogens is 210 g/mol. The summed E-state index contributed by atoms with van der Waals surface area (Å²) >= 11 is 0. The molecule has 0 aliphatic carbocycles. The zero-order chi connectivity index (χ0) is 12.2. The second-order valence-corrected chi connectivity index (χ2v) is 5.02. The summed E-state index contributed by atoms with van der Waals surface area (Å²) in [5, 5.41) is 2.55. The maximum atomic E-state index is 11.5. The van der Waals surface area contributed by atoms with Gasteiger partial charge in [0, 0.05) is 6.42 Å². The zero-order valence-electron chi connectivity index (χ0n) is 9.99. The molecule has 1 rings (SSSR count). The van der Waals surface area contributed by atoms with E-state index in [9.17, 15) is 9.59 Å². The highest BCUT2D eigenvalue weighted by Gasteiger charge is 2.28. The number of alkyl carbamates (subject to hydrolysis) is 1. The first-order valence-corrected chi connectivity index (χ1v) is 5.43. The lowest BCUT2D eigenvalue weighted by atomic mass is 9.88. The number of carbonyl (C=O) groups excluding carboxylic acids is 2. The third kappa shape index (κ3) is 3.81. The minimum Gasteiger partial charge on any atom is -0.444 e. The standard InChI is InChI=1S/C11H19NO4/c1-11(2,3)9(6-13)12-10(14)16-8-4-5-15-7-8/h6,8-9H,4-5,7H2,1-3H3,(H,12,14)/t8-,9-/m1/s1. The average Bonchev–Trinajstić information content (AvgIpc) is 2.64. The van der Waals surface area contributed by atoms with Crippen LogP contribution in [0.15, 0.2) is 0 Å². The van der Waals surface area contributed by atoms with Crippen LogP contribution in [-0.4, -0.2) is 37.7 Å². The number of nitrogens with one attached hydrogen (secondary N) is 1. The molecule has 1 amide bonds. The molecule has 0 aromatic carbocycles. The normalized spacial score (nSPS) is 22.6. The Hall–Kier alpha value is -1.10. The Bertz CT molecular complexity index is 253. The van der Waals surface area contributed by atoms with Crippen molar-refractivity contribution in [2.75, 3.05) is 13.2 Å². The average molecular weight is 229 g/mol. The van der Waals surface area contributed by atoms with E-state index in [0.717, 1.165) is 6.29 Å². The predicted octanol–water partition coefficient (Wildman–Crippen LogP) is 1.12. The first-order valence-electron chi connectivity index (χ1n) is 5.43. The van der Waals surface area contributed by atoms with Gasteiger partial charge in [-0.25, -0.2) is 4.79 Å². The van der Waals surface area contributed by atoms with Crippen molar-refractivity contribution in [1.82, 2.24) is 5.32 Å². The molecule has 0 unspecified atom stereocenters. The summed E-state index contributed by atoms with van der Waals surface area (Å²) in [4.78, 5) is 22.3. The summed E-state index contributed by atoms with van der Waals surface area (Å²) in [6.07, 6.45) is 0.705. The highest BCUT2D eigenvalue weighted by atomic mass is 16.6. The molecule has 1 aliphatic rings. The third-order valence-corrected chi connectivity index (χ3v) is 2.50. The molecule has 0 aromatic heterocycles. The topological polar surface area (TPSA) is 64.6 Å². The van der Waals surface area contributed by atoms with Gasteiger partial charge in [-0.2, -0.15) is 0 Å². The molecule has 0 saturated carbocycles. The van der Waals surface area contributed by atoms with Crippen LogP contribution in [0.3, 0.4) is 0 Å². The number of ether oxygens (including phenoxy) is 2. The summed E-state index contributed by atoms with van der Waals surface area (Å²) in [5.41, 5.74) is -0.313. The Morgan fingerprint density at radius 3 is 2.69 bits per heavy atom. The number of hydrogen-bond acceptors (Lipinski definition) is 4. The van der Waals surface area contributed by atoms with Crippen molar-refractivity contribution < 1.29 is 19.1 Å². The van der Waals surface area contributed by atoms with E-state index in [-0.39, 0.29) is 11.5 Å². The molecule has 92 valence electrons. The number of hydrogen-bond donors (Lipinski definition) is 1. The van der Waals surface area contributed by atoms with Gasteiger partial charge in [0.2, 0.25) is 0 Å². The van der Waals surface area contributed by atoms with E-state index in [2.05, 4.69) is 5.32 Å². The molecule has 0 bridgehead atoms. The molecule has 1 fully saturated rings. The first kappa shape index (κ1) is 13.0. The molecule has 2 atom stereocenters. The minimum atomic E-state index is -0.553. The minimum absolute atomic E-state index is 0.188. The van der Waals surface area contributed by atoms with Gasteiger partial charge < -0.3 is 19.6 Å². The van der Waals surface area contributed by atoms with E-state index in [0.29, 0.717) is 19.6 Å². The molecule has 0 spiro atoms. The molecule has 1 saturated heterocycles. The van der Waals surface area contributed by atoms with Crippen molar-refractivity contribution >= 4 is 12.4 Å². The van der Waals surface area contributed by atoms with Gasteiger partial charge in [0.1, 0.15) is 12.4 Å². The lowest BCUT2D eigenvalue weighted by molar-refractivity contribution is -0.111. The quantitative estimate of drug-likeness (QED) is 0.736. The third-order valence-electron chi connectivity index (χ3n) is 2.50. The zero-order valence-corrected chi connectivity index (χ0v) is 9.99. The van der Waals surface area contributed by atoms with Crippen LogP contribution >= 0.6 is 0 Å². The van der Waals surface area contributed by atoms with E-state index in [1.807, 2.05) is 20.8 Å². The summed E-state index contributed by atoms with van der Waals surface area (Å²) in [5.74, 6) is 0. The molecule has 1 aliphatic heterocycles. The Morgan fingerprint density at radius 1 is 1.56 bits per heavy atom. The van der Waals surface area contributed by atoms with Gasteiger partial charge in [-0.3, -0.25) is 0 Å². The molecule has 5 nitrogen and oxygen atoms in total. The number of aldehydes is 1. The Kier molecular flexibility index (Phi) is 4.29. The second kappa shape index (κ2) is 5.30. The van der Waals surface area contributed by atoms with Gasteiger partial charge in [0.05, 0.1) is 19.3 Å². The van der Waals surface area contributed by atoms with Gasteiger partial charge in [0.25, 0.3) is 0 Å². The fraction of sp³-hybridized carbons (Fsp3) is 0.818. The molecule has 0 aromatic rings. The fourth-order valence-electron chi connectivity index (χ4n) is 1.37. The SMILES string of the molecule is CC(C)(C)[C@@H](C=O)NC(=O)O[C@@H]1CCOC1. The van der Waals surface area contributed by atoms with E-state index >= 15 is 0 Å². The van der Waals surface area contributed by atoms with E-state index in [1.165, 1.54) is 0 Å². The smallest absolute Gasteiger partial charge is 0.408 e. The van der Waals surface area contributed by atoms with Gasteiger partial charge >= 0.3 is 6.09 Å².